The standard InChI is InChI=1S/C18H21FN4O6.C16H17FN4O6/c1-5-17(27)13(25)18(19,8-24)28-14(17)23-7-6-10-11(20-9-21-12(10)23)22-15(26)29-16(2,3)4;1-3-15(25)12(23)16(17,7-22)27-13(15)21-6-5-9-10(18-8-19-11(9)21)20-14(24)26-4-2/h1,6-7,9,13-14,24-25,27H,8H2,2-4H3,(H,20,21,22,26);1,5-6,8,12-13,22-23,25H,4,7H2,2H3,(H,18,19,20,24)/t13-,14+,17+,18+;12-,13+,15+,16+/m00/s1. The molecule has 2 saturated heterocycles. The molecule has 2 fully saturated rings. The van der Waals surface area contributed by atoms with Crippen LogP contribution in [0.3, 0.4) is 0 Å². The maximum Gasteiger partial charge on any atom is 0.413 e. The van der Waals surface area contributed by atoms with Crippen LogP contribution >= 0.6 is 0 Å². The van der Waals surface area contributed by atoms with Gasteiger partial charge in [0.2, 0.25) is 11.2 Å². The summed E-state index contributed by atoms with van der Waals surface area (Å²) in [6, 6.07) is 2.95. The molecule has 6 rings (SSSR count). The predicted octanol–water partition coefficient (Wildman–Crippen LogP) is 0.602. The minimum Gasteiger partial charge on any atom is -0.450 e. The highest BCUT2D eigenvalue weighted by atomic mass is 19.2. The summed E-state index contributed by atoms with van der Waals surface area (Å²) in [7, 11) is 0. The highest BCUT2D eigenvalue weighted by Gasteiger charge is 2.66. The van der Waals surface area contributed by atoms with Crippen molar-refractivity contribution in [3.8, 4) is 24.7 Å². The molecule has 4 aromatic heterocycles. The second kappa shape index (κ2) is 15.2. The van der Waals surface area contributed by atoms with Gasteiger partial charge in [-0.05, 0) is 39.8 Å². The molecule has 2 aliphatic heterocycles. The number of anilines is 2. The lowest BCUT2D eigenvalue weighted by Gasteiger charge is -2.26. The third-order valence-electron chi connectivity index (χ3n) is 8.55. The summed E-state index contributed by atoms with van der Waals surface area (Å²) in [5.74, 6) is -1.90. The molecule has 22 heteroatoms. The lowest BCUT2D eigenvalue weighted by atomic mass is 9.94. The van der Waals surface area contributed by atoms with E-state index in [2.05, 4.69) is 30.6 Å². The molecule has 0 aliphatic carbocycles. The molecule has 8 atom stereocenters. The maximum atomic E-state index is 14.7. The van der Waals surface area contributed by atoms with Crippen LogP contribution < -0.4 is 10.6 Å². The molecule has 0 radical (unpaired) electrons. The Morgan fingerprint density at radius 3 is 1.61 bits per heavy atom. The van der Waals surface area contributed by atoms with E-state index in [9.17, 15) is 49.0 Å². The Bertz CT molecular complexity index is 2200. The van der Waals surface area contributed by atoms with Crippen LogP contribution in [0.25, 0.3) is 22.1 Å². The Labute approximate surface area is 316 Å². The highest BCUT2D eigenvalue weighted by Crippen LogP contribution is 2.47. The first-order valence-electron chi connectivity index (χ1n) is 16.5. The van der Waals surface area contributed by atoms with E-state index in [1.807, 2.05) is 11.8 Å². The molecule has 0 saturated carbocycles. The number of hydrogen-bond acceptors (Lipinski definition) is 16. The second-order valence-corrected chi connectivity index (χ2v) is 13.4. The van der Waals surface area contributed by atoms with Gasteiger partial charge >= 0.3 is 12.2 Å². The van der Waals surface area contributed by atoms with Crippen LogP contribution in [0.4, 0.5) is 30.0 Å². The van der Waals surface area contributed by atoms with Crippen molar-refractivity contribution in [3.63, 3.8) is 0 Å². The zero-order chi connectivity index (χ0) is 41.4. The van der Waals surface area contributed by atoms with Crippen molar-refractivity contribution < 1.29 is 68.0 Å². The molecule has 300 valence electrons. The summed E-state index contributed by atoms with van der Waals surface area (Å²) in [4.78, 5) is 39.7. The average molecular weight is 789 g/mol. The van der Waals surface area contributed by atoms with Gasteiger partial charge < -0.3 is 58.7 Å². The van der Waals surface area contributed by atoms with Gasteiger partial charge in [0, 0.05) is 12.4 Å². The van der Waals surface area contributed by atoms with E-state index in [0.717, 1.165) is 12.7 Å². The Balaban J connectivity index is 0.000000215. The average Bonchev–Trinajstić information content (AvgIpc) is 3.88. The molecule has 2 aliphatic rings. The minimum atomic E-state index is -2.98. The van der Waals surface area contributed by atoms with Crippen LogP contribution in [-0.2, 0) is 18.9 Å². The number of carbonyl (C=O) groups excluding carboxylic acids is 2. The van der Waals surface area contributed by atoms with Crippen LogP contribution in [-0.4, -0.2) is 132 Å². The van der Waals surface area contributed by atoms with Crippen molar-refractivity contribution in [2.45, 2.75) is 80.9 Å². The van der Waals surface area contributed by atoms with Crippen LogP contribution in [0.1, 0.15) is 40.2 Å². The van der Waals surface area contributed by atoms with E-state index in [1.165, 1.54) is 33.7 Å². The number of carbonyl (C=O) groups is 2. The number of nitrogens with zero attached hydrogens (tertiary/aromatic N) is 6. The number of aliphatic hydroxyl groups is 6. The van der Waals surface area contributed by atoms with E-state index in [4.69, 9.17) is 31.8 Å². The Kier molecular flexibility index (Phi) is 11.3. The molecule has 0 aromatic carbocycles. The number of alkyl halides is 2. The molecule has 2 amide bonds. The topological polar surface area (TPSA) is 278 Å². The van der Waals surface area contributed by atoms with Gasteiger partial charge in [-0.3, -0.25) is 10.6 Å². The third kappa shape index (κ3) is 7.27. The number of halogens is 2. The molecule has 8 N–H and O–H groups in total. The summed E-state index contributed by atoms with van der Waals surface area (Å²) in [6.07, 6.45) is 6.47. The fraction of sp³-hybridized carbons (Fsp3) is 0.471. The van der Waals surface area contributed by atoms with Crippen molar-refractivity contribution in [2.75, 3.05) is 30.5 Å². The van der Waals surface area contributed by atoms with Crippen molar-refractivity contribution in [1.82, 2.24) is 29.1 Å². The molecule has 6 heterocycles. The summed E-state index contributed by atoms with van der Waals surface area (Å²) in [5.41, 5.74) is -5.45. The number of aliphatic hydroxyl groups excluding tert-OH is 4. The molecule has 0 bridgehead atoms. The Morgan fingerprint density at radius 1 is 0.839 bits per heavy atom. The largest absolute Gasteiger partial charge is 0.450 e. The fourth-order valence-electron chi connectivity index (χ4n) is 5.88. The van der Waals surface area contributed by atoms with Crippen molar-refractivity contribution in [1.29, 1.82) is 0 Å². The molecule has 0 unspecified atom stereocenters. The van der Waals surface area contributed by atoms with Crippen LogP contribution in [0.15, 0.2) is 37.2 Å². The number of nitrogens with one attached hydrogen (secondary N) is 2. The van der Waals surface area contributed by atoms with Crippen LogP contribution in [0.2, 0.25) is 0 Å². The second-order valence-electron chi connectivity index (χ2n) is 13.4. The predicted molar refractivity (Wildman–Crippen MR) is 187 cm³/mol. The summed E-state index contributed by atoms with van der Waals surface area (Å²) in [5, 5.41) is 65.4. The van der Waals surface area contributed by atoms with Crippen molar-refractivity contribution >= 4 is 45.9 Å². The maximum absolute atomic E-state index is 14.7. The van der Waals surface area contributed by atoms with Crippen LogP contribution in [0.5, 0.6) is 0 Å². The summed E-state index contributed by atoms with van der Waals surface area (Å²) < 4.78 is 51.7. The van der Waals surface area contributed by atoms with Gasteiger partial charge in [0.1, 0.15) is 54.4 Å². The van der Waals surface area contributed by atoms with Gasteiger partial charge in [0.05, 0.1) is 17.4 Å². The van der Waals surface area contributed by atoms with E-state index >= 15 is 0 Å². The zero-order valence-electron chi connectivity index (χ0n) is 30.1. The minimum absolute atomic E-state index is 0.0967. The zero-order valence-corrected chi connectivity index (χ0v) is 30.1. The molecular weight excluding hydrogens is 750 g/mol. The first kappa shape index (κ1) is 41.6. The molecule has 4 aromatic rings. The van der Waals surface area contributed by atoms with E-state index < -0.39 is 78.6 Å². The van der Waals surface area contributed by atoms with Gasteiger partial charge in [0.25, 0.3) is 11.7 Å². The van der Waals surface area contributed by atoms with Gasteiger partial charge in [0.15, 0.2) is 24.7 Å². The SMILES string of the molecule is C#C[C@]1(O)[C@H](n2ccc3c(NC(=O)OC(C)(C)C)ncnc32)O[C@](F)(CO)[C@H]1O.C#C[C@]1(O)[C@H](n2ccc3c(NC(=O)OCC)ncnc32)O[C@](F)(CO)[C@H]1O. The molecule has 20 nitrogen and oxygen atoms in total. The third-order valence-corrected chi connectivity index (χ3v) is 8.55. The molecular formula is C34H38F2N8O12. The summed E-state index contributed by atoms with van der Waals surface area (Å²) >= 11 is 0. The van der Waals surface area contributed by atoms with E-state index in [0.29, 0.717) is 10.8 Å². The Morgan fingerprint density at radius 2 is 1.25 bits per heavy atom. The Hall–Kier alpha value is -5.56. The monoisotopic (exact) mass is 788 g/mol. The molecule has 0 spiro atoms. The number of amides is 2. The smallest absolute Gasteiger partial charge is 0.413 e. The number of terminal acetylenes is 2. The number of aromatic nitrogens is 6. The first-order chi connectivity index (χ1) is 26.3. The van der Waals surface area contributed by atoms with Gasteiger partial charge in [-0.25, -0.2) is 38.3 Å². The number of fused-ring (bicyclic) bond motifs is 2. The lowest BCUT2D eigenvalue weighted by molar-refractivity contribution is -0.206. The number of hydrogen-bond donors (Lipinski definition) is 8. The molecule has 56 heavy (non-hydrogen) atoms. The van der Waals surface area contributed by atoms with E-state index in [1.54, 1.807) is 27.7 Å². The number of rotatable bonds is 7. The van der Waals surface area contributed by atoms with Crippen molar-refractivity contribution in [3.05, 3.63) is 37.2 Å². The van der Waals surface area contributed by atoms with Gasteiger partial charge in [-0.15, -0.1) is 12.8 Å². The highest BCUT2D eigenvalue weighted by molar-refractivity contribution is 5.96. The van der Waals surface area contributed by atoms with Gasteiger partial charge in [-0.1, -0.05) is 11.8 Å². The quantitative estimate of drug-likeness (QED) is 0.119. The lowest BCUT2D eigenvalue weighted by Crippen LogP contribution is -2.49. The normalized spacial score (nSPS) is 29.9. The fourth-order valence-corrected chi connectivity index (χ4v) is 5.88. The first-order valence-corrected chi connectivity index (χ1v) is 16.5. The van der Waals surface area contributed by atoms with Crippen molar-refractivity contribution in [2.24, 2.45) is 0 Å². The van der Waals surface area contributed by atoms with E-state index in [-0.39, 0.29) is 29.5 Å². The van der Waals surface area contributed by atoms with Crippen LogP contribution in [0, 0.1) is 24.7 Å². The summed E-state index contributed by atoms with van der Waals surface area (Å²) in [6.45, 7) is 4.45. The van der Waals surface area contributed by atoms with Gasteiger partial charge in [-0.2, -0.15) is 0 Å². The number of ether oxygens (including phenoxy) is 4.